The van der Waals surface area contributed by atoms with E-state index in [1.807, 2.05) is 18.2 Å². The van der Waals surface area contributed by atoms with E-state index >= 15 is 0 Å². The number of ketones is 1. The third kappa shape index (κ3) is 4.81. The van der Waals surface area contributed by atoms with Crippen LogP contribution in [0.2, 0.25) is 0 Å². The lowest BCUT2D eigenvalue weighted by atomic mass is 10.0. The first-order valence-electron chi connectivity index (χ1n) is 10.2. The van der Waals surface area contributed by atoms with Gasteiger partial charge in [-0.2, -0.15) is 0 Å². The number of nitrogens with zero attached hydrogens (tertiary/aromatic N) is 1. The summed E-state index contributed by atoms with van der Waals surface area (Å²) in [4.78, 5) is 14.3. The van der Waals surface area contributed by atoms with Gasteiger partial charge in [0.15, 0.2) is 5.78 Å². The highest BCUT2D eigenvalue weighted by Crippen LogP contribution is 2.25. The highest BCUT2D eigenvalue weighted by molar-refractivity contribution is 5.96. The number of rotatable bonds is 7. The minimum absolute atomic E-state index is 0.0817. The van der Waals surface area contributed by atoms with E-state index in [0.29, 0.717) is 18.7 Å². The summed E-state index contributed by atoms with van der Waals surface area (Å²) < 4.78 is 11.7. The van der Waals surface area contributed by atoms with E-state index in [1.165, 1.54) is 5.56 Å². The van der Waals surface area contributed by atoms with E-state index in [2.05, 4.69) is 49.9 Å². The Bertz CT molecular complexity index is 790. The minimum atomic E-state index is 0.0817. The van der Waals surface area contributed by atoms with Gasteiger partial charge >= 0.3 is 0 Å². The monoisotopic (exact) mass is 381 g/mol. The first-order chi connectivity index (χ1) is 13.5. The fraction of sp³-hybridized carbons (Fsp3) is 0.458. The van der Waals surface area contributed by atoms with Crippen molar-refractivity contribution in [3.63, 3.8) is 0 Å². The SMILES string of the molecule is CCc1c(OCc2ccc(CN3C(C)COC[C@@H]3C)cc2)cccc1C(C)=O. The van der Waals surface area contributed by atoms with Gasteiger partial charge in [-0.25, -0.2) is 0 Å². The molecule has 1 aliphatic rings. The van der Waals surface area contributed by atoms with Gasteiger partial charge in [0, 0.05) is 29.8 Å². The van der Waals surface area contributed by atoms with Gasteiger partial charge in [0.05, 0.1) is 13.2 Å². The quantitative estimate of drug-likeness (QED) is 0.655. The molecule has 1 saturated heterocycles. The van der Waals surface area contributed by atoms with Crippen molar-refractivity contribution in [2.24, 2.45) is 0 Å². The number of benzene rings is 2. The first-order valence-corrected chi connectivity index (χ1v) is 10.2. The van der Waals surface area contributed by atoms with E-state index in [4.69, 9.17) is 9.47 Å². The van der Waals surface area contributed by atoms with Crippen molar-refractivity contribution in [2.45, 2.75) is 59.4 Å². The Morgan fingerprint density at radius 3 is 2.32 bits per heavy atom. The summed E-state index contributed by atoms with van der Waals surface area (Å²) in [6.45, 7) is 11.1. The standard InChI is InChI=1S/C24H31NO3/c1-5-22-23(19(4)26)7-6-8-24(22)28-16-21-11-9-20(10-12-21)13-25-17(2)14-27-15-18(25)3/h6-12,17-18H,5,13-16H2,1-4H3/t17-,18?/m0/s1. The van der Waals surface area contributed by atoms with Crippen LogP contribution >= 0.6 is 0 Å². The third-order valence-corrected chi connectivity index (χ3v) is 5.50. The van der Waals surface area contributed by atoms with Gasteiger partial charge in [-0.05, 0) is 44.4 Å². The first kappa shape index (κ1) is 20.6. The number of morpholine rings is 1. The fourth-order valence-electron chi connectivity index (χ4n) is 3.85. The molecule has 2 atom stereocenters. The number of ether oxygens (including phenoxy) is 2. The van der Waals surface area contributed by atoms with Crippen molar-refractivity contribution in [2.75, 3.05) is 13.2 Å². The topological polar surface area (TPSA) is 38.8 Å². The van der Waals surface area contributed by atoms with Gasteiger partial charge in [-0.15, -0.1) is 0 Å². The smallest absolute Gasteiger partial charge is 0.160 e. The zero-order valence-electron chi connectivity index (χ0n) is 17.4. The largest absolute Gasteiger partial charge is 0.489 e. The van der Waals surface area contributed by atoms with Crippen molar-refractivity contribution in [1.29, 1.82) is 0 Å². The van der Waals surface area contributed by atoms with Crippen LogP contribution in [0.1, 0.15) is 54.7 Å². The molecule has 4 nitrogen and oxygen atoms in total. The Kier molecular flexibility index (Phi) is 6.87. The van der Waals surface area contributed by atoms with Crippen LogP contribution in [0, 0.1) is 0 Å². The Morgan fingerprint density at radius 1 is 1.07 bits per heavy atom. The lowest BCUT2D eigenvalue weighted by Gasteiger charge is -2.38. The maximum atomic E-state index is 11.8. The van der Waals surface area contributed by atoms with E-state index in [-0.39, 0.29) is 5.78 Å². The lowest BCUT2D eigenvalue weighted by molar-refractivity contribution is -0.0409. The molecule has 1 unspecified atom stereocenters. The zero-order valence-corrected chi connectivity index (χ0v) is 17.4. The Hall–Kier alpha value is -2.17. The molecule has 1 heterocycles. The maximum Gasteiger partial charge on any atom is 0.160 e. The van der Waals surface area contributed by atoms with Crippen LogP contribution in [-0.4, -0.2) is 36.0 Å². The molecule has 0 N–H and O–H groups in total. The number of carbonyl (C=O) groups excluding carboxylic acids is 1. The molecular formula is C24H31NO3. The molecule has 150 valence electrons. The summed E-state index contributed by atoms with van der Waals surface area (Å²) >= 11 is 0. The Balaban J connectivity index is 1.64. The molecule has 0 saturated carbocycles. The summed E-state index contributed by atoms with van der Waals surface area (Å²) in [5, 5.41) is 0. The van der Waals surface area contributed by atoms with Crippen molar-refractivity contribution >= 4 is 5.78 Å². The average Bonchev–Trinajstić information content (AvgIpc) is 2.69. The van der Waals surface area contributed by atoms with E-state index in [1.54, 1.807) is 6.92 Å². The number of hydrogen-bond donors (Lipinski definition) is 0. The van der Waals surface area contributed by atoms with Gasteiger partial charge < -0.3 is 9.47 Å². The molecule has 0 amide bonds. The predicted octanol–water partition coefficient (Wildman–Crippen LogP) is 4.64. The van der Waals surface area contributed by atoms with Gasteiger partial charge in [-0.3, -0.25) is 9.69 Å². The second-order valence-electron chi connectivity index (χ2n) is 7.71. The lowest BCUT2D eigenvalue weighted by Crippen LogP contribution is -2.48. The summed E-state index contributed by atoms with van der Waals surface area (Å²) in [5.41, 5.74) is 4.17. The van der Waals surface area contributed by atoms with Crippen molar-refractivity contribution in [3.8, 4) is 5.75 Å². The van der Waals surface area contributed by atoms with Crippen LogP contribution in [0.5, 0.6) is 5.75 Å². The van der Waals surface area contributed by atoms with Gasteiger partial charge in [-0.1, -0.05) is 43.3 Å². The molecule has 2 aromatic rings. The molecule has 4 heteroatoms. The van der Waals surface area contributed by atoms with Crippen LogP contribution < -0.4 is 4.74 Å². The second-order valence-corrected chi connectivity index (χ2v) is 7.71. The van der Waals surface area contributed by atoms with Crippen LogP contribution in [0.25, 0.3) is 0 Å². The molecule has 0 spiro atoms. The highest BCUT2D eigenvalue weighted by atomic mass is 16.5. The molecule has 1 aliphatic heterocycles. The average molecular weight is 382 g/mol. The van der Waals surface area contributed by atoms with Crippen molar-refractivity contribution in [1.82, 2.24) is 4.90 Å². The summed E-state index contributed by atoms with van der Waals surface area (Å²) in [6.07, 6.45) is 0.778. The highest BCUT2D eigenvalue weighted by Gasteiger charge is 2.25. The Morgan fingerprint density at radius 2 is 1.71 bits per heavy atom. The van der Waals surface area contributed by atoms with Crippen LogP contribution in [-0.2, 0) is 24.3 Å². The summed E-state index contributed by atoms with van der Waals surface area (Å²) in [7, 11) is 0. The number of hydrogen-bond acceptors (Lipinski definition) is 4. The maximum absolute atomic E-state index is 11.8. The number of Topliss-reactive ketones (excluding diaryl/α,β-unsaturated/α-hetero) is 1. The van der Waals surface area contributed by atoms with E-state index < -0.39 is 0 Å². The minimum Gasteiger partial charge on any atom is -0.489 e. The molecular weight excluding hydrogens is 350 g/mol. The van der Waals surface area contributed by atoms with E-state index in [0.717, 1.165) is 48.6 Å². The van der Waals surface area contributed by atoms with Gasteiger partial charge in [0.2, 0.25) is 0 Å². The number of carbonyl (C=O) groups is 1. The second kappa shape index (κ2) is 9.35. The van der Waals surface area contributed by atoms with Gasteiger partial charge in [0.1, 0.15) is 12.4 Å². The molecule has 3 rings (SSSR count). The summed E-state index contributed by atoms with van der Waals surface area (Å²) in [5.74, 6) is 0.883. The molecule has 1 fully saturated rings. The molecule has 0 bridgehead atoms. The van der Waals surface area contributed by atoms with Gasteiger partial charge in [0.25, 0.3) is 0 Å². The van der Waals surface area contributed by atoms with Crippen LogP contribution in [0.15, 0.2) is 42.5 Å². The molecule has 0 aliphatic carbocycles. The van der Waals surface area contributed by atoms with Crippen molar-refractivity contribution in [3.05, 3.63) is 64.7 Å². The van der Waals surface area contributed by atoms with Crippen LogP contribution in [0.3, 0.4) is 0 Å². The molecule has 2 aromatic carbocycles. The van der Waals surface area contributed by atoms with Crippen LogP contribution in [0.4, 0.5) is 0 Å². The molecule has 28 heavy (non-hydrogen) atoms. The Labute approximate surface area is 168 Å². The molecule has 0 radical (unpaired) electrons. The fourth-order valence-corrected chi connectivity index (χ4v) is 3.85. The zero-order chi connectivity index (χ0) is 20.1. The third-order valence-electron chi connectivity index (χ3n) is 5.50. The van der Waals surface area contributed by atoms with E-state index in [9.17, 15) is 4.79 Å². The molecule has 0 aromatic heterocycles. The summed E-state index contributed by atoms with van der Waals surface area (Å²) in [6, 6.07) is 15.2. The van der Waals surface area contributed by atoms with Crippen molar-refractivity contribution < 1.29 is 14.3 Å². The predicted molar refractivity (Wildman–Crippen MR) is 112 cm³/mol. The normalized spacial score (nSPS) is 20.1.